The molecule has 6 nitrogen and oxygen atoms in total. The molecule has 0 aliphatic rings. The van der Waals surface area contributed by atoms with Crippen LogP contribution in [0.3, 0.4) is 0 Å². The highest BCUT2D eigenvalue weighted by atomic mass is 32.1. The predicted molar refractivity (Wildman–Crippen MR) is 79.5 cm³/mol. The van der Waals surface area contributed by atoms with Crippen LogP contribution < -0.4 is 5.32 Å². The molecule has 0 fully saturated rings. The number of anilines is 1. The summed E-state index contributed by atoms with van der Waals surface area (Å²) in [5.74, 6) is 0.0866. The first-order chi connectivity index (χ1) is 10.2. The molecule has 0 unspecified atom stereocenters. The van der Waals surface area contributed by atoms with Crippen LogP contribution in [0.1, 0.15) is 22.5 Å². The molecule has 21 heavy (non-hydrogen) atoms. The van der Waals surface area contributed by atoms with Crippen molar-refractivity contribution in [1.29, 1.82) is 0 Å². The number of thiophene rings is 1. The Hall–Kier alpha value is -2.54. The van der Waals surface area contributed by atoms with Crippen molar-refractivity contribution in [1.82, 2.24) is 14.6 Å². The number of aromatic nitrogens is 3. The van der Waals surface area contributed by atoms with E-state index in [9.17, 15) is 9.59 Å². The first-order valence-electron chi connectivity index (χ1n) is 6.40. The minimum Gasteiger partial charge on any atom is -0.294 e. The summed E-state index contributed by atoms with van der Waals surface area (Å²) in [5, 5.41) is 12.4. The summed E-state index contributed by atoms with van der Waals surface area (Å²) in [6, 6.07) is 9.04. The maximum Gasteiger partial charge on any atom is 0.235 e. The van der Waals surface area contributed by atoms with Crippen molar-refractivity contribution in [3.8, 4) is 0 Å². The van der Waals surface area contributed by atoms with Crippen molar-refractivity contribution in [3.63, 3.8) is 0 Å². The molecule has 0 aliphatic heterocycles. The number of fused-ring (bicyclic) bond motifs is 1. The number of carbonyl (C=O) groups is 2. The van der Waals surface area contributed by atoms with Crippen LogP contribution in [-0.2, 0) is 4.79 Å². The van der Waals surface area contributed by atoms with Gasteiger partial charge in [0.05, 0.1) is 4.88 Å². The predicted octanol–water partition coefficient (Wildman–Crippen LogP) is 2.39. The number of carbonyl (C=O) groups excluding carboxylic acids is 2. The number of Topliss-reactive ketones (excluding diaryl/α,β-unsaturated/α-hetero) is 1. The summed E-state index contributed by atoms with van der Waals surface area (Å²) in [6.45, 7) is 0. The van der Waals surface area contributed by atoms with Gasteiger partial charge in [-0.2, -0.15) is 0 Å². The summed E-state index contributed by atoms with van der Waals surface area (Å²) < 4.78 is 1.68. The molecule has 0 aromatic carbocycles. The van der Waals surface area contributed by atoms with Gasteiger partial charge in [-0.05, 0) is 23.6 Å². The summed E-state index contributed by atoms with van der Waals surface area (Å²) in [5.41, 5.74) is 0.655. The number of nitrogens with zero attached hydrogens (tertiary/aromatic N) is 3. The topological polar surface area (TPSA) is 76.4 Å². The molecule has 0 aliphatic carbocycles. The second-order valence-corrected chi connectivity index (χ2v) is 5.35. The number of hydrogen-bond acceptors (Lipinski definition) is 5. The molecule has 1 N–H and O–H groups in total. The van der Waals surface area contributed by atoms with Crippen molar-refractivity contribution in [3.05, 3.63) is 46.8 Å². The van der Waals surface area contributed by atoms with Gasteiger partial charge in [-0.1, -0.05) is 12.1 Å². The van der Waals surface area contributed by atoms with Gasteiger partial charge in [-0.3, -0.25) is 19.3 Å². The fourth-order valence-electron chi connectivity index (χ4n) is 1.90. The Morgan fingerprint density at radius 3 is 2.86 bits per heavy atom. The zero-order chi connectivity index (χ0) is 14.7. The van der Waals surface area contributed by atoms with Crippen LogP contribution in [0.15, 0.2) is 41.9 Å². The zero-order valence-corrected chi connectivity index (χ0v) is 11.8. The SMILES string of the molecule is O=C(CCC(=O)c1cccs1)Nc1nnc2ccccn12. The largest absolute Gasteiger partial charge is 0.294 e. The van der Waals surface area contributed by atoms with Crippen molar-refractivity contribution in [2.75, 3.05) is 5.32 Å². The lowest BCUT2D eigenvalue weighted by molar-refractivity contribution is -0.116. The number of pyridine rings is 1. The van der Waals surface area contributed by atoms with Gasteiger partial charge in [-0.25, -0.2) is 0 Å². The van der Waals surface area contributed by atoms with Gasteiger partial charge in [-0.15, -0.1) is 21.5 Å². The van der Waals surface area contributed by atoms with E-state index in [-0.39, 0.29) is 24.5 Å². The van der Waals surface area contributed by atoms with E-state index in [4.69, 9.17) is 0 Å². The van der Waals surface area contributed by atoms with E-state index in [1.165, 1.54) is 11.3 Å². The van der Waals surface area contributed by atoms with Crippen LogP contribution >= 0.6 is 11.3 Å². The van der Waals surface area contributed by atoms with Gasteiger partial charge >= 0.3 is 0 Å². The van der Waals surface area contributed by atoms with Gasteiger partial charge < -0.3 is 0 Å². The summed E-state index contributed by atoms with van der Waals surface area (Å²) in [4.78, 5) is 24.4. The molecular weight excluding hydrogens is 288 g/mol. The zero-order valence-electron chi connectivity index (χ0n) is 11.0. The lowest BCUT2D eigenvalue weighted by Gasteiger charge is -2.02. The van der Waals surface area contributed by atoms with Gasteiger partial charge in [0.1, 0.15) is 0 Å². The Morgan fingerprint density at radius 1 is 1.14 bits per heavy atom. The van der Waals surface area contributed by atoms with Gasteiger partial charge in [0.2, 0.25) is 11.9 Å². The number of amides is 1. The van der Waals surface area contributed by atoms with Crippen LogP contribution in [0.25, 0.3) is 5.65 Å². The standard InChI is InChI=1S/C14H12N4O2S/c19-10(11-4-3-9-21-11)6-7-13(20)15-14-17-16-12-5-1-2-8-18(12)14/h1-5,8-9H,6-7H2,(H,15,17,20). The van der Waals surface area contributed by atoms with E-state index in [1.54, 1.807) is 22.7 Å². The lowest BCUT2D eigenvalue weighted by Crippen LogP contribution is -2.15. The highest BCUT2D eigenvalue weighted by Gasteiger charge is 2.12. The molecule has 3 aromatic rings. The Balaban J connectivity index is 1.60. The Morgan fingerprint density at radius 2 is 2.05 bits per heavy atom. The molecular formula is C14H12N4O2S. The lowest BCUT2D eigenvalue weighted by atomic mass is 10.2. The molecule has 1 amide bonds. The normalized spacial score (nSPS) is 10.7. The number of nitrogens with one attached hydrogen (secondary N) is 1. The third-order valence-corrected chi connectivity index (χ3v) is 3.85. The fourth-order valence-corrected chi connectivity index (χ4v) is 2.60. The molecule has 3 aromatic heterocycles. The average molecular weight is 300 g/mol. The highest BCUT2D eigenvalue weighted by molar-refractivity contribution is 7.12. The number of hydrogen-bond donors (Lipinski definition) is 1. The quantitative estimate of drug-likeness (QED) is 0.734. The van der Waals surface area contributed by atoms with Crippen LogP contribution in [-0.4, -0.2) is 26.3 Å². The van der Waals surface area contributed by atoms with Crippen LogP contribution in [0.4, 0.5) is 5.95 Å². The smallest absolute Gasteiger partial charge is 0.235 e. The van der Waals surface area contributed by atoms with Crippen LogP contribution in [0.2, 0.25) is 0 Å². The van der Waals surface area contributed by atoms with E-state index in [0.29, 0.717) is 16.5 Å². The van der Waals surface area contributed by atoms with Crippen molar-refractivity contribution in [2.24, 2.45) is 0 Å². The summed E-state index contributed by atoms with van der Waals surface area (Å²) in [6.07, 6.45) is 2.07. The Labute approximate surface area is 124 Å². The second-order valence-electron chi connectivity index (χ2n) is 4.40. The average Bonchev–Trinajstić information content (AvgIpc) is 3.15. The van der Waals surface area contributed by atoms with E-state index in [2.05, 4.69) is 15.5 Å². The van der Waals surface area contributed by atoms with E-state index < -0.39 is 0 Å². The molecule has 0 saturated heterocycles. The molecule has 7 heteroatoms. The molecule has 106 valence electrons. The summed E-state index contributed by atoms with van der Waals surface area (Å²) in [7, 11) is 0. The van der Waals surface area contributed by atoms with Crippen LogP contribution in [0.5, 0.6) is 0 Å². The summed E-state index contributed by atoms with van der Waals surface area (Å²) >= 11 is 1.38. The van der Waals surface area contributed by atoms with E-state index >= 15 is 0 Å². The van der Waals surface area contributed by atoms with Crippen molar-refractivity contribution >= 4 is 34.6 Å². The van der Waals surface area contributed by atoms with Gasteiger partial charge in [0.25, 0.3) is 0 Å². The Kier molecular flexibility index (Phi) is 3.74. The first kappa shape index (κ1) is 13.4. The maximum absolute atomic E-state index is 11.9. The fraction of sp³-hybridized carbons (Fsp3) is 0.143. The van der Waals surface area contributed by atoms with Gasteiger partial charge in [0.15, 0.2) is 11.4 Å². The third-order valence-electron chi connectivity index (χ3n) is 2.94. The van der Waals surface area contributed by atoms with Gasteiger partial charge in [0, 0.05) is 19.0 Å². The molecule has 0 bridgehead atoms. The minimum atomic E-state index is -0.252. The van der Waals surface area contributed by atoms with E-state index in [1.807, 2.05) is 23.6 Å². The number of ketones is 1. The molecule has 3 rings (SSSR count). The molecule has 0 radical (unpaired) electrons. The Bertz CT molecular complexity index is 779. The third kappa shape index (κ3) is 2.97. The molecule has 3 heterocycles. The molecule has 0 spiro atoms. The molecule has 0 saturated carbocycles. The first-order valence-corrected chi connectivity index (χ1v) is 7.28. The maximum atomic E-state index is 11.9. The minimum absolute atomic E-state index is 0.0220. The van der Waals surface area contributed by atoms with E-state index in [0.717, 1.165) is 0 Å². The van der Waals surface area contributed by atoms with Crippen molar-refractivity contribution in [2.45, 2.75) is 12.8 Å². The highest BCUT2D eigenvalue weighted by Crippen LogP contribution is 2.13. The number of rotatable bonds is 5. The second kappa shape index (κ2) is 5.84. The monoisotopic (exact) mass is 300 g/mol. The van der Waals surface area contributed by atoms with Crippen LogP contribution in [0, 0.1) is 0 Å². The van der Waals surface area contributed by atoms with Crippen molar-refractivity contribution < 1.29 is 9.59 Å². The molecule has 0 atom stereocenters.